The smallest absolute Gasteiger partial charge is 0.281 e. The normalized spacial score (nSPS) is 20.5. The molecule has 19 heavy (non-hydrogen) atoms. The molecule has 0 aliphatic carbocycles. The van der Waals surface area contributed by atoms with Crippen molar-refractivity contribution in [2.75, 3.05) is 27.2 Å². The highest BCUT2D eigenvalue weighted by Crippen LogP contribution is 2.18. The minimum atomic E-state index is -3.48. The minimum Gasteiger partial charge on any atom is -0.468 e. The Labute approximate surface area is 114 Å². The van der Waals surface area contributed by atoms with Gasteiger partial charge in [0.15, 0.2) is 0 Å². The quantitative estimate of drug-likeness (QED) is 0.785. The van der Waals surface area contributed by atoms with E-state index in [1.165, 1.54) is 22.7 Å². The Morgan fingerprint density at radius 3 is 2.74 bits per heavy atom. The number of hydrogen-bond acceptors (Lipinski definition) is 4. The van der Waals surface area contributed by atoms with Gasteiger partial charge in [-0.2, -0.15) is 17.0 Å². The van der Waals surface area contributed by atoms with Crippen LogP contribution in [0.15, 0.2) is 22.8 Å². The molecule has 1 unspecified atom stereocenters. The summed E-state index contributed by atoms with van der Waals surface area (Å²) in [7, 11) is -0.420. The van der Waals surface area contributed by atoms with E-state index >= 15 is 0 Å². The molecule has 1 aliphatic heterocycles. The molecule has 2 rings (SSSR count). The molecule has 2 heterocycles. The van der Waals surface area contributed by atoms with E-state index in [9.17, 15) is 8.42 Å². The number of rotatable bonds is 6. The first-order chi connectivity index (χ1) is 9.00. The second-order valence-corrected chi connectivity index (χ2v) is 6.94. The first-order valence-electron chi connectivity index (χ1n) is 6.31. The summed E-state index contributed by atoms with van der Waals surface area (Å²) in [6.45, 7) is 1.30. The summed E-state index contributed by atoms with van der Waals surface area (Å²) in [6, 6.07) is 3.52. The van der Waals surface area contributed by atoms with Gasteiger partial charge in [-0.25, -0.2) is 0 Å². The average Bonchev–Trinajstić information content (AvgIpc) is 3.00. The van der Waals surface area contributed by atoms with E-state index in [4.69, 9.17) is 9.15 Å². The summed E-state index contributed by atoms with van der Waals surface area (Å²) in [6.07, 6.45) is 3.41. The van der Waals surface area contributed by atoms with Crippen molar-refractivity contribution in [1.82, 2.24) is 8.61 Å². The Bertz CT molecular complexity index is 478. The van der Waals surface area contributed by atoms with Gasteiger partial charge < -0.3 is 9.15 Å². The van der Waals surface area contributed by atoms with Gasteiger partial charge in [0.1, 0.15) is 5.76 Å². The first-order valence-corrected chi connectivity index (χ1v) is 7.71. The number of hydrogen-bond donors (Lipinski definition) is 0. The van der Waals surface area contributed by atoms with Crippen LogP contribution in [0.2, 0.25) is 0 Å². The van der Waals surface area contributed by atoms with Crippen molar-refractivity contribution in [3.63, 3.8) is 0 Å². The van der Waals surface area contributed by atoms with Crippen molar-refractivity contribution in [2.24, 2.45) is 0 Å². The van der Waals surface area contributed by atoms with Crippen molar-refractivity contribution in [2.45, 2.75) is 25.5 Å². The SMILES string of the molecule is CN(C)S(=O)(=O)N(Cc1ccco1)CC1CCCO1. The maximum atomic E-state index is 12.3. The van der Waals surface area contributed by atoms with Crippen LogP contribution in [-0.2, 0) is 21.5 Å². The Morgan fingerprint density at radius 2 is 2.21 bits per heavy atom. The molecule has 1 atom stereocenters. The van der Waals surface area contributed by atoms with Gasteiger partial charge in [-0.1, -0.05) is 0 Å². The summed E-state index contributed by atoms with van der Waals surface area (Å²) in [5.74, 6) is 0.628. The van der Waals surface area contributed by atoms with Gasteiger partial charge in [-0.3, -0.25) is 0 Å². The fourth-order valence-corrected chi connectivity index (χ4v) is 3.17. The standard InChI is InChI=1S/C12H20N2O4S/c1-13(2)19(15,16)14(9-11-5-3-7-17-11)10-12-6-4-8-18-12/h3,5,7,12H,4,6,8-10H2,1-2H3. The Hall–Kier alpha value is -0.890. The van der Waals surface area contributed by atoms with Gasteiger partial charge in [0.05, 0.1) is 18.9 Å². The highest BCUT2D eigenvalue weighted by molar-refractivity contribution is 7.86. The average molecular weight is 288 g/mol. The molecule has 7 heteroatoms. The highest BCUT2D eigenvalue weighted by Gasteiger charge is 2.29. The molecule has 0 spiro atoms. The van der Waals surface area contributed by atoms with Crippen LogP contribution in [0.5, 0.6) is 0 Å². The lowest BCUT2D eigenvalue weighted by molar-refractivity contribution is 0.0902. The summed E-state index contributed by atoms with van der Waals surface area (Å²) in [5.41, 5.74) is 0. The minimum absolute atomic E-state index is 0.0234. The van der Waals surface area contributed by atoms with Crippen molar-refractivity contribution in [3.05, 3.63) is 24.2 Å². The summed E-state index contributed by atoms with van der Waals surface area (Å²) >= 11 is 0. The molecule has 0 radical (unpaired) electrons. The summed E-state index contributed by atoms with van der Waals surface area (Å²) in [5, 5.41) is 0. The number of ether oxygens (including phenoxy) is 1. The van der Waals surface area contributed by atoms with Gasteiger partial charge >= 0.3 is 0 Å². The third-order valence-electron chi connectivity index (χ3n) is 3.13. The molecule has 1 aromatic rings. The molecule has 0 aromatic carbocycles. The van der Waals surface area contributed by atoms with Gasteiger partial charge in [-0.15, -0.1) is 0 Å². The van der Waals surface area contributed by atoms with Crippen LogP contribution in [0.4, 0.5) is 0 Å². The lowest BCUT2D eigenvalue weighted by Crippen LogP contribution is -2.43. The van der Waals surface area contributed by atoms with Crippen LogP contribution in [0.1, 0.15) is 18.6 Å². The lowest BCUT2D eigenvalue weighted by atomic mass is 10.2. The maximum Gasteiger partial charge on any atom is 0.281 e. The first kappa shape index (κ1) is 14.5. The molecule has 0 amide bonds. The van der Waals surface area contributed by atoms with E-state index in [2.05, 4.69) is 0 Å². The van der Waals surface area contributed by atoms with Crippen molar-refractivity contribution in [3.8, 4) is 0 Å². The van der Waals surface area contributed by atoms with Gasteiger partial charge in [0.2, 0.25) is 0 Å². The Kier molecular flexibility index (Phi) is 4.62. The van der Waals surface area contributed by atoms with Gasteiger partial charge in [0, 0.05) is 27.2 Å². The third kappa shape index (κ3) is 3.56. The molecule has 6 nitrogen and oxygen atoms in total. The van der Waals surface area contributed by atoms with Gasteiger partial charge in [0.25, 0.3) is 10.2 Å². The molecular weight excluding hydrogens is 268 g/mol. The Morgan fingerprint density at radius 1 is 1.42 bits per heavy atom. The fraction of sp³-hybridized carbons (Fsp3) is 0.667. The van der Waals surface area contributed by atoms with Crippen LogP contribution >= 0.6 is 0 Å². The predicted octanol–water partition coefficient (Wildman–Crippen LogP) is 1.07. The van der Waals surface area contributed by atoms with Gasteiger partial charge in [-0.05, 0) is 25.0 Å². The molecular formula is C12H20N2O4S. The highest BCUT2D eigenvalue weighted by atomic mass is 32.2. The molecule has 0 bridgehead atoms. The second kappa shape index (κ2) is 6.04. The van der Waals surface area contributed by atoms with Crippen LogP contribution in [-0.4, -0.2) is 50.4 Å². The topological polar surface area (TPSA) is 63.0 Å². The zero-order valence-electron chi connectivity index (χ0n) is 11.3. The second-order valence-electron chi connectivity index (χ2n) is 4.80. The third-order valence-corrected chi connectivity index (χ3v) is 4.98. The van der Waals surface area contributed by atoms with Crippen LogP contribution in [0.25, 0.3) is 0 Å². The van der Waals surface area contributed by atoms with Crippen LogP contribution in [0, 0.1) is 0 Å². The van der Waals surface area contributed by atoms with E-state index in [1.54, 1.807) is 18.4 Å². The number of furan rings is 1. The Balaban J connectivity index is 2.12. The number of nitrogens with zero attached hydrogens (tertiary/aromatic N) is 2. The molecule has 1 aromatic heterocycles. The van der Waals surface area contributed by atoms with E-state index in [0.29, 0.717) is 18.9 Å². The maximum absolute atomic E-state index is 12.3. The molecule has 0 N–H and O–H groups in total. The van der Waals surface area contributed by atoms with Crippen molar-refractivity contribution in [1.29, 1.82) is 0 Å². The molecule has 1 fully saturated rings. The van der Waals surface area contributed by atoms with Crippen molar-refractivity contribution < 1.29 is 17.6 Å². The largest absolute Gasteiger partial charge is 0.468 e. The van der Waals surface area contributed by atoms with Crippen molar-refractivity contribution >= 4 is 10.2 Å². The van der Waals surface area contributed by atoms with Crippen LogP contribution in [0.3, 0.4) is 0 Å². The van der Waals surface area contributed by atoms with E-state index in [0.717, 1.165) is 12.8 Å². The van der Waals surface area contributed by atoms with E-state index < -0.39 is 10.2 Å². The predicted molar refractivity (Wildman–Crippen MR) is 70.7 cm³/mol. The monoisotopic (exact) mass is 288 g/mol. The summed E-state index contributed by atoms with van der Waals surface area (Å²) < 4.78 is 38.0. The van der Waals surface area contributed by atoms with E-state index in [-0.39, 0.29) is 12.6 Å². The molecule has 1 saturated heterocycles. The summed E-state index contributed by atoms with van der Waals surface area (Å²) in [4.78, 5) is 0. The van der Waals surface area contributed by atoms with E-state index in [1.807, 2.05) is 0 Å². The molecule has 0 saturated carbocycles. The lowest BCUT2D eigenvalue weighted by Gasteiger charge is -2.26. The van der Waals surface area contributed by atoms with Crippen LogP contribution < -0.4 is 0 Å². The fourth-order valence-electron chi connectivity index (χ4n) is 2.06. The molecule has 1 aliphatic rings. The zero-order valence-corrected chi connectivity index (χ0v) is 12.1. The molecule has 108 valence electrons. The zero-order chi connectivity index (χ0) is 13.9.